The van der Waals surface area contributed by atoms with Crippen LogP contribution in [0.4, 0.5) is 0 Å². The maximum Gasteiger partial charge on any atom is 0.251 e. The van der Waals surface area contributed by atoms with Crippen LogP contribution in [0.25, 0.3) is 5.69 Å². The monoisotopic (exact) mass is 320 g/mol. The summed E-state index contributed by atoms with van der Waals surface area (Å²) in [6.07, 6.45) is 3.95. The van der Waals surface area contributed by atoms with Gasteiger partial charge in [0.1, 0.15) is 5.75 Å². The van der Waals surface area contributed by atoms with E-state index >= 15 is 0 Å². The van der Waals surface area contributed by atoms with Crippen LogP contribution in [0.15, 0.2) is 73.1 Å². The molecule has 0 aliphatic heterocycles. The van der Waals surface area contributed by atoms with Crippen LogP contribution in [0.2, 0.25) is 0 Å². The molecule has 1 aromatic heterocycles. The van der Waals surface area contributed by atoms with Gasteiger partial charge >= 0.3 is 0 Å². The average molecular weight is 320 g/mol. The Bertz CT molecular complexity index is 776. The molecule has 1 heterocycles. The zero-order chi connectivity index (χ0) is 16.8. The molecule has 4 nitrogen and oxygen atoms in total. The third-order valence-electron chi connectivity index (χ3n) is 3.72. The highest BCUT2D eigenvalue weighted by atomic mass is 16.5. The maximum absolute atomic E-state index is 12.2. The number of nitrogens with zero attached hydrogens (tertiary/aromatic N) is 1. The molecule has 0 atom stereocenters. The molecule has 2 aromatic carbocycles. The number of nitrogens with one attached hydrogen (secondary N) is 1. The van der Waals surface area contributed by atoms with E-state index in [1.165, 1.54) is 0 Å². The van der Waals surface area contributed by atoms with E-state index in [2.05, 4.69) is 5.32 Å². The molecular weight excluding hydrogens is 300 g/mol. The molecule has 0 aliphatic rings. The fourth-order valence-corrected chi connectivity index (χ4v) is 2.45. The molecule has 0 unspecified atom stereocenters. The average Bonchev–Trinajstić information content (AvgIpc) is 3.16. The molecule has 3 aromatic rings. The number of amides is 1. The summed E-state index contributed by atoms with van der Waals surface area (Å²) in [5.74, 6) is 0.760. The Morgan fingerprint density at radius 1 is 1.00 bits per heavy atom. The van der Waals surface area contributed by atoms with E-state index in [1.54, 1.807) is 0 Å². The molecule has 0 saturated carbocycles. The van der Waals surface area contributed by atoms with Gasteiger partial charge in [0.05, 0.1) is 6.61 Å². The molecule has 0 saturated heterocycles. The van der Waals surface area contributed by atoms with Crippen molar-refractivity contribution in [3.8, 4) is 11.4 Å². The number of rotatable bonds is 6. The first-order valence-electron chi connectivity index (χ1n) is 7.99. The highest BCUT2D eigenvalue weighted by Gasteiger charge is 2.06. The summed E-state index contributed by atoms with van der Waals surface area (Å²) in [7, 11) is 0. The van der Waals surface area contributed by atoms with Crippen LogP contribution in [0, 0.1) is 0 Å². The van der Waals surface area contributed by atoms with E-state index in [-0.39, 0.29) is 5.91 Å². The van der Waals surface area contributed by atoms with E-state index in [0.717, 1.165) is 17.0 Å². The summed E-state index contributed by atoms with van der Waals surface area (Å²) in [5, 5.41) is 2.93. The molecule has 0 bridgehead atoms. The molecule has 0 radical (unpaired) electrons. The van der Waals surface area contributed by atoms with Crippen molar-refractivity contribution in [2.45, 2.75) is 13.5 Å². The molecule has 1 N–H and O–H groups in total. The number of benzene rings is 2. The van der Waals surface area contributed by atoms with Gasteiger partial charge in [0, 0.05) is 30.2 Å². The minimum Gasteiger partial charge on any atom is -0.494 e. The number of hydrogen-bond donors (Lipinski definition) is 1. The van der Waals surface area contributed by atoms with Gasteiger partial charge in [-0.1, -0.05) is 12.1 Å². The van der Waals surface area contributed by atoms with Gasteiger partial charge in [0.25, 0.3) is 5.91 Å². The zero-order valence-electron chi connectivity index (χ0n) is 13.6. The summed E-state index contributed by atoms with van der Waals surface area (Å²) >= 11 is 0. The van der Waals surface area contributed by atoms with E-state index < -0.39 is 0 Å². The van der Waals surface area contributed by atoms with Gasteiger partial charge in [0.15, 0.2) is 0 Å². The molecular formula is C20H20N2O2. The number of carbonyl (C=O) groups is 1. The van der Waals surface area contributed by atoms with Crippen molar-refractivity contribution in [3.63, 3.8) is 0 Å². The second-order valence-corrected chi connectivity index (χ2v) is 5.40. The Morgan fingerprint density at radius 3 is 2.29 bits per heavy atom. The Balaban J connectivity index is 1.58. The van der Waals surface area contributed by atoms with Crippen LogP contribution in [-0.4, -0.2) is 17.1 Å². The van der Waals surface area contributed by atoms with Gasteiger partial charge < -0.3 is 14.6 Å². The second-order valence-electron chi connectivity index (χ2n) is 5.40. The smallest absolute Gasteiger partial charge is 0.251 e. The van der Waals surface area contributed by atoms with Crippen LogP contribution < -0.4 is 10.1 Å². The van der Waals surface area contributed by atoms with Crippen molar-refractivity contribution >= 4 is 5.91 Å². The predicted octanol–water partition coefficient (Wildman–Crippen LogP) is 3.81. The number of hydrogen-bond acceptors (Lipinski definition) is 2. The predicted molar refractivity (Wildman–Crippen MR) is 94.6 cm³/mol. The minimum absolute atomic E-state index is 0.0806. The van der Waals surface area contributed by atoms with Crippen molar-refractivity contribution in [3.05, 3.63) is 84.2 Å². The van der Waals surface area contributed by atoms with Crippen molar-refractivity contribution in [1.82, 2.24) is 9.88 Å². The minimum atomic E-state index is -0.0806. The van der Waals surface area contributed by atoms with Crippen LogP contribution in [-0.2, 0) is 6.54 Å². The van der Waals surface area contributed by atoms with E-state index in [1.807, 2.05) is 84.5 Å². The van der Waals surface area contributed by atoms with E-state index in [4.69, 9.17) is 4.74 Å². The van der Waals surface area contributed by atoms with Crippen LogP contribution in [0.3, 0.4) is 0 Å². The molecule has 0 fully saturated rings. The van der Waals surface area contributed by atoms with Crippen LogP contribution >= 0.6 is 0 Å². The highest BCUT2D eigenvalue weighted by Crippen LogP contribution is 2.13. The Hall–Kier alpha value is -3.01. The van der Waals surface area contributed by atoms with Crippen molar-refractivity contribution in [1.29, 1.82) is 0 Å². The largest absolute Gasteiger partial charge is 0.494 e. The number of aromatic nitrogens is 1. The Morgan fingerprint density at radius 2 is 1.67 bits per heavy atom. The summed E-state index contributed by atoms with van der Waals surface area (Å²) in [5.41, 5.74) is 2.72. The third kappa shape index (κ3) is 3.84. The summed E-state index contributed by atoms with van der Waals surface area (Å²) < 4.78 is 7.41. The first-order valence-corrected chi connectivity index (χ1v) is 7.99. The fraction of sp³-hybridized carbons (Fsp3) is 0.150. The van der Waals surface area contributed by atoms with Crippen LogP contribution in [0.5, 0.6) is 5.75 Å². The van der Waals surface area contributed by atoms with Gasteiger partial charge in [-0.05, 0) is 61.0 Å². The molecule has 4 heteroatoms. The van der Waals surface area contributed by atoms with Crippen LogP contribution in [0.1, 0.15) is 22.8 Å². The highest BCUT2D eigenvalue weighted by molar-refractivity contribution is 5.94. The van der Waals surface area contributed by atoms with Gasteiger partial charge in [-0.25, -0.2) is 0 Å². The molecule has 122 valence electrons. The SMILES string of the molecule is CCOc1ccc(CNC(=O)c2ccc(-n3cccc3)cc2)cc1. The Labute approximate surface area is 141 Å². The lowest BCUT2D eigenvalue weighted by molar-refractivity contribution is 0.0951. The molecule has 0 aliphatic carbocycles. The summed E-state index contributed by atoms with van der Waals surface area (Å²) in [4.78, 5) is 12.2. The lowest BCUT2D eigenvalue weighted by Crippen LogP contribution is -2.22. The normalized spacial score (nSPS) is 10.4. The maximum atomic E-state index is 12.2. The van der Waals surface area contributed by atoms with Crippen molar-refractivity contribution in [2.75, 3.05) is 6.61 Å². The van der Waals surface area contributed by atoms with Gasteiger partial charge in [-0.2, -0.15) is 0 Å². The van der Waals surface area contributed by atoms with Gasteiger partial charge in [0.2, 0.25) is 0 Å². The quantitative estimate of drug-likeness (QED) is 0.750. The lowest BCUT2D eigenvalue weighted by atomic mass is 10.1. The molecule has 1 amide bonds. The topological polar surface area (TPSA) is 43.3 Å². The fourth-order valence-electron chi connectivity index (χ4n) is 2.45. The molecule has 0 spiro atoms. The summed E-state index contributed by atoms with van der Waals surface area (Å²) in [6.45, 7) is 3.09. The van der Waals surface area contributed by atoms with Crippen molar-refractivity contribution < 1.29 is 9.53 Å². The lowest BCUT2D eigenvalue weighted by Gasteiger charge is -2.08. The number of ether oxygens (including phenoxy) is 1. The first kappa shape index (κ1) is 15.9. The summed E-state index contributed by atoms with van der Waals surface area (Å²) in [6, 6.07) is 19.2. The molecule has 24 heavy (non-hydrogen) atoms. The van der Waals surface area contributed by atoms with E-state index in [9.17, 15) is 4.79 Å². The zero-order valence-corrected chi connectivity index (χ0v) is 13.6. The number of carbonyl (C=O) groups excluding carboxylic acids is 1. The van der Waals surface area contributed by atoms with Crippen molar-refractivity contribution in [2.24, 2.45) is 0 Å². The first-order chi connectivity index (χ1) is 11.8. The molecule has 3 rings (SSSR count). The van der Waals surface area contributed by atoms with Gasteiger partial charge in [-0.15, -0.1) is 0 Å². The second kappa shape index (κ2) is 7.51. The Kier molecular flexibility index (Phi) is 4.96. The third-order valence-corrected chi connectivity index (χ3v) is 3.72. The van der Waals surface area contributed by atoms with E-state index in [0.29, 0.717) is 18.7 Å². The standard InChI is InChI=1S/C20H20N2O2/c1-2-24-19-11-5-16(6-12-19)15-21-20(23)17-7-9-18(10-8-17)22-13-3-4-14-22/h3-14H,2,15H2,1H3,(H,21,23). The van der Waals surface area contributed by atoms with Gasteiger partial charge in [-0.3, -0.25) is 4.79 Å².